The Morgan fingerprint density at radius 2 is 1.73 bits per heavy atom. The Labute approximate surface area is 197 Å². The van der Waals surface area contributed by atoms with E-state index in [2.05, 4.69) is 36.2 Å². The van der Waals surface area contributed by atoms with E-state index in [-0.39, 0.29) is 11.2 Å². The minimum atomic E-state index is -0.0694. The number of fused-ring (bicyclic) bond motifs is 1. The predicted octanol–water partition coefficient (Wildman–Crippen LogP) is 5.88. The smallest absolute Gasteiger partial charge is 0.235 e. The summed E-state index contributed by atoms with van der Waals surface area (Å²) >= 11 is 1.61. The Hall–Kier alpha value is -3.77. The van der Waals surface area contributed by atoms with Gasteiger partial charge in [-0.2, -0.15) is 5.10 Å². The summed E-state index contributed by atoms with van der Waals surface area (Å²) in [6.45, 7) is 4.16. The highest BCUT2D eigenvalue weighted by atomic mass is 32.2. The number of amides is 1. The highest BCUT2D eigenvalue weighted by molar-refractivity contribution is 8.00. The molecule has 1 aliphatic heterocycles. The third-order valence-corrected chi connectivity index (χ3v) is 6.69. The standard InChI is InChI=1S/C27H23N3O2S/c1-2-17-32-22-15-13-20(14-16-22)26-24-25(19-9-5-3-6-10-19)29-30(21-11-7-4-8-12-21)27(24)28-23(31)18-33-26/h2-16,26H,1,17-18H2,(H,28,31)/t26-/m0/s1. The average molecular weight is 454 g/mol. The van der Waals surface area contributed by atoms with Crippen LogP contribution < -0.4 is 10.1 Å². The summed E-state index contributed by atoms with van der Waals surface area (Å²) in [7, 11) is 0. The first-order chi connectivity index (χ1) is 16.2. The zero-order valence-corrected chi connectivity index (χ0v) is 18.8. The Bertz CT molecular complexity index is 1270. The molecule has 164 valence electrons. The van der Waals surface area contributed by atoms with Crippen LogP contribution >= 0.6 is 11.8 Å². The van der Waals surface area contributed by atoms with Gasteiger partial charge in [0.2, 0.25) is 5.91 Å². The fourth-order valence-electron chi connectivity index (χ4n) is 3.93. The van der Waals surface area contributed by atoms with Crippen molar-refractivity contribution in [3.05, 3.63) is 109 Å². The van der Waals surface area contributed by atoms with Crippen LogP contribution in [0.3, 0.4) is 0 Å². The third-order valence-electron chi connectivity index (χ3n) is 5.42. The molecule has 2 heterocycles. The number of hydrogen-bond acceptors (Lipinski definition) is 4. The number of para-hydroxylation sites is 1. The topological polar surface area (TPSA) is 56.1 Å². The van der Waals surface area contributed by atoms with Crippen LogP contribution in [0.2, 0.25) is 0 Å². The fraction of sp³-hybridized carbons (Fsp3) is 0.111. The number of carbonyl (C=O) groups is 1. The van der Waals surface area contributed by atoms with E-state index in [1.807, 2.05) is 65.3 Å². The summed E-state index contributed by atoms with van der Waals surface area (Å²) in [6, 6.07) is 28.1. The van der Waals surface area contributed by atoms with Gasteiger partial charge in [-0.1, -0.05) is 73.3 Å². The first kappa shape index (κ1) is 21.1. The molecule has 1 N–H and O–H groups in total. The number of rotatable bonds is 6. The summed E-state index contributed by atoms with van der Waals surface area (Å²) in [5, 5.41) is 8.05. The van der Waals surface area contributed by atoms with Crippen molar-refractivity contribution in [3.63, 3.8) is 0 Å². The van der Waals surface area contributed by atoms with E-state index in [1.165, 1.54) is 0 Å². The molecule has 1 aromatic heterocycles. The molecular formula is C27H23N3O2S. The molecule has 0 radical (unpaired) electrons. The maximum atomic E-state index is 12.7. The van der Waals surface area contributed by atoms with Crippen molar-refractivity contribution in [2.45, 2.75) is 5.25 Å². The van der Waals surface area contributed by atoms with Gasteiger partial charge in [-0.3, -0.25) is 4.79 Å². The normalized spacial score (nSPS) is 15.3. The zero-order chi connectivity index (χ0) is 22.6. The first-order valence-corrected chi connectivity index (χ1v) is 11.8. The van der Waals surface area contributed by atoms with Gasteiger partial charge in [-0.15, -0.1) is 11.8 Å². The largest absolute Gasteiger partial charge is 0.490 e. The molecule has 4 aromatic rings. The molecule has 0 aliphatic carbocycles. The Balaban J connectivity index is 1.68. The Kier molecular flexibility index (Phi) is 6.00. The van der Waals surface area contributed by atoms with Gasteiger partial charge in [0.25, 0.3) is 0 Å². The number of nitrogens with one attached hydrogen (secondary N) is 1. The van der Waals surface area contributed by atoms with Crippen LogP contribution in [-0.4, -0.2) is 28.0 Å². The maximum Gasteiger partial charge on any atom is 0.235 e. The molecule has 1 atom stereocenters. The van der Waals surface area contributed by atoms with Gasteiger partial charge in [0.05, 0.1) is 22.4 Å². The minimum Gasteiger partial charge on any atom is -0.490 e. The van der Waals surface area contributed by atoms with E-state index < -0.39 is 0 Å². The number of thioether (sulfide) groups is 1. The molecule has 0 fully saturated rings. The van der Waals surface area contributed by atoms with Gasteiger partial charge >= 0.3 is 0 Å². The second kappa shape index (κ2) is 9.38. The van der Waals surface area contributed by atoms with E-state index in [9.17, 15) is 4.79 Å². The molecule has 0 saturated carbocycles. The molecule has 3 aromatic carbocycles. The molecule has 1 aliphatic rings. The SMILES string of the molecule is C=CCOc1ccc([C@@H]2SCC(=O)Nc3c2c(-c2ccccc2)nn3-c2ccccc2)cc1. The van der Waals surface area contributed by atoms with Crippen molar-refractivity contribution in [2.75, 3.05) is 17.7 Å². The molecule has 0 spiro atoms. The lowest BCUT2D eigenvalue weighted by Crippen LogP contribution is -2.15. The number of benzene rings is 3. The summed E-state index contributed by atoms with van der Waals surface area (Å²) in [6.07, 6.45) is 1.72. The lowest BCUT2D eigenvalue weighted by atomic mass is 10.00. The second-order valence-electron chi connectivity index (χ2n) is 7.63. The highest BCUT2D eigenvalue weighted by Crippen LogP contribution is 2.47. The highest BCUT2D eigenvalue weighted by Gasteiger charge is 2.32. The lowest BCUT2D eigenvalue weighted by Gasteiger charge is -2.17. The average Bonchev–Trinajstić information content (AvgIpc) is 3.14. The van der Waals surface area contributed by atoms with Crippen LogP contribution in [0.4, 0.5) is 5.82 Å². The van der Waals surface area contributed by atoms with Gasteiger partial charge in [-0.25, -0.2) is 4.68 Å². The summed E-state index contributed by atoms with van der Waals surface area (Å²) in [4.78, 5) is 12.7. The first-order valence-electron chi connectivity index (χ1n) is 10.7. The molecule has 5 nitrogen and oxygen atoms in total. The molecule has 0 unspecified atom stereocenters. The molecular weight excluding hydrogens is 430 g/mol. The Morgan fingerprint density at radius 1 is 1.03 bits per heavy atom. The molecule has 1 amide bonds. The van der Waals surface area contributed by atoms with E-state index in [1.54, 1.807) is 17.8 Å². The summed E-state index contributed by atoms with van der Waals surface area (Å²) < 4.78 is 7.50. The monoisotopic (exact) mass is 453 g/mol. The molecule has 0 bridgehead atoms. The van der Waals surface area contributed by atoms with Gasteiger partial charge in [0, 0.05) is 11.1 Å². The third kappa shape index (κ3) is 4.30. The molecule has 33 heavy (non-hydrogen) atoms. The van der Waals surface area contributed by atoms with E-state index in [0.717, 1.165) is 33.8 Å². The number of carbonyl (C=O) groups excluding carboxylic acids is 1. The van der Waals surface area contributed by atoms with E-state index >= 15 is 0 Å². The van der Waals surface area contributed by atoms with Crippen molar-refractivity contribution in [1.29, 1.82) is 0 Å². The van der Waals surface area contributed by atoms with Crippen molar-refractivity contribution in [1.82, 2.24) is 9.78 Å². The predicted molar refractivity (Wildman–Crippen MR) is 134 cm³/mol. The molecule has 0 saturated heterocycles. The minimum absolute atomic E-state index is 0.0358. The molecule has 6 heteroatoms. The lowest BCUT2D eigenvalue weighted by molar-refractivity contribution is -0.113. The van der Waals surface area contributed by atoms with Crippen LogP contribution in [0.15, 0.2) is 97.6 Å². The number of ether oxygens (including phenoxy) is 1. The number of hydrogen-bond donors (Lipinski definition) is 1. The van der Waals surface area contributed by atoms with Crippen LogP contribution in [-0.2, 0) is 4.79 Å². The van der Waals surface area contributed by atoms with E-state index in [0.29, 0.717) is 18.2 Å². The van der Waals surface area contributed by atoms with Gasteiger partial charge in [-0.05, 0) is 29.8 Å². The summed E-state index contributed by atoms with van der Waals surface area (Å²) in [5.41, 5.74) is 4.86. The van der Waals surface area contributed by atoms with Crippen molar-refractivity contribution < 1.29 is 9.53 Å². The van der Waals surface area contributed by atoms with Crippen molar-refractivity contribution in [3.8, 4) is 22.7 Å². The fourth-order valence-corrected chi connectivity index (χ4v) is 5.06. The number of anilines is 1. The van der Waals surface area contributed by atoms with E-state index in [4.69, 9.17) is 9.84 Å². The van der Waals surface area contributed by atoms with Crippen LogP contribution in [0, 0.1) is 0 Å². The van der Waals surface area contributed by atoms with Gasteiger partial charge < -0.3 is 10.1 Å². The number of aromatic nitrogens is 2. The number of nitrogens with zero attached hydrogens (tertiary/aromatic N) is 2. The Morgan fingerprint density at radius 3 is 2.42 bits per heavy atom. The quantitative estimate of drug-likeness (QED) is 0.371. The van der Waals surface area contributed by atoms with Gasteiger partial charge in [0.15, 0.2) is 0 Å². The van der Waals surface area contributed by atoms with Crippen molar-refractivity contribution >= 4 is 23.5 Å². The van der Waals surface area contributed by atoms with Crippen LogP contribution in [0.25, 0.3) is 16.9 Å². The zero-order valence-electron chi connectivity index (χ0n) is 18.0. The summed E-state index contributed by atoms with van der Waals surface area (Å²) in [5.74, 6) is 1.82. The second-order valence-corrected chi connectivity index (χ2v) is 8.73. The van der Waals surface area contributed by atoms with Crippen LogP contribution in [0.1, 0.15) is 16.4 Å². The van der Waals surface area contributed by atoms with Crippen molar-refractivity contribution in [2.24, 2.45) is 0 Å². The maximum absolute atomic E-state index is 12.7. The molecule has 5 rings (SSSR count). The van der Waals surface area contributed by atoms with Gasteiger partial charge in [0.1, 0.15) is 18.2 Å². The van der Waals surface area contributed by atoms with Crippen LogP contribution in [0.5, 0.6) is 5.75 Å².